The molecule has 1 aromatic carbocycles. The molecular formula is C16H26N2. The Morgan fingerprint density at radius 1 is 1.28 bits per heavy atom. The average molecular weight is 246 g/mol. The van der Waals surface area contributed by atoms with Gasteiger partial charge in [0.2, 0.25) is 0 Å². The van der Waals surface area contributed by atoms with Crippen molar-refractivity contribution in [2.45, 2.75) is 44.7 Å². The lowest BCUT2D eigenvalue weighted by Crippen LogP contribution is -2.32. The first-order valence-corrected chi connectivity index (χ1v) is 7.21. The number of hydrogen-bond acceptors (Lipinski definition) is 2. The number of hydrogen-bond donors (Lipinski definition) is 1. The highest BCUT2D eigenvalue weighted by molar-refractivity contribution is 5.25. The maximum atomic E-state index is 3.44. The minimum absolute atomic E-state index is 0.450. The van der Waals surface area contributed by atoms with Crippen LogP contribution in [-0.4, -0.2) is 31.6 Å². The Bertz CT molecular complexity index is 354. The third-order valence-electron chi connectivity index (χ3n) is 3.91. The van der Waals surface area contributed by atoms with Crippen LogP contribution in [0, 0.1) is 0 Å². The molecule has 100 valence electrons. The second-order valence-electron chi connectivity index (χ2n) is 5.50. The van der Waals surface area contributed by atoms with Gasteiger partial charge in [0.25, 0.3) is 0 Å². The lowest BCUT2D eigenvalue weighted by atomic mass is 10.0. The summed E-state index contributed by atoms with van der Waals surface area (Å²) in [6.07, 6.45) is 5.16. The molecule has 0 spiro atoms. The van der Waals surface area contributed by atoms with Gasteiger partial charge in [-0.15, -0.1) is 0 Å². The third kappa shape index (κ3) is 3.56. The van der Waals surface area contributed by atoms with E-state index in [9.17, 15) is 0 Å². The number of nitrogens with one attached hydrogen (secondary N) is 1. The van der Waals surface area contributed by atoms with E-state index in [2.05, 4.69) is 55.5 Å². The second kappa shape index (κ2) is 6.35. The quantitative estimate of drug-likeness (QED) is 0.795. The topological polar surface area (TPSA) is 15.3 Å². The molecule has 1 atom stereocenters. The summed E-state index contributed by atoms with van der Waals surface area (Å²) >= 11 is 0. The summed E-state index contributed by atoms with van der Waals surface area (Å²) in [5, 5.41) is 3.44. The Labute approximate surface area is 111 Å². The summed E-state index contributed by atoms with van der Waals surface area (Å²) in [6, 6.07) is 10.4. The molecule has 0 aromatic heterocycles. The minimum Gasteiger partial charge on any atom is -0.312 e. The fourth-order valence-electron chi connectivity index (χ4n) is 2.52. The molecule has 1 saturated carbocycles. The van der Waals surface area contributed by atoms with E-state index >= 15 is 0 Å². The van der Waals surface area contributed by atoms with Crippen molar-refractivity contribution in [3.63, 3.8) is 0 Å². The zero-order valence-electron chi connectivity index (χ0n) is 11.9. The monoisotopic (exact) mass is 246 g/mol. The van der Waals surface area contributed by atoms with Crippen LogP contribution in [0.3, 0.4) is 0 Å². The molecule has 2 rings (SSSR count). The van der Waals surface area contributed by atoms with Crippen LogP contribution in [0.15, 0.2) is 24.3 Å². The molecule has 1 N–H and O–H groups in total. The Kier molecular flexibility index (Phi) is 4.79. The van der Waals surface area contributed by atoms with E-state index in [-0.39, 0.29) is 0 Å². The molecule has 0 aliphatic heterocycles. The molecule has 1 unspecified atom stereocenters. The summed E-state index contributed by atoms with van der Waals surface area (Å²) in [5.41, 5.74) is 2.86. The Hall–Kier alpha value is -0.860. The Morgan fingerprint density at radius 2 is 1.94 bits per heavy atom. The largest absolute Gasteiger partial charge is 0.312 e. The van der Waals surface area contributed by atoms with Crippen molar-refractivity contribution in [1.82, 2.24) is 10.2 Å². The third-order valence-corrected chi connectivity index (χ3v) is 3.91. The fraction of sp³-hybridized carbons (Fsp3) is 0.625. The van der Waals surface area contributed by atoms with E-state index in [0.29, 0.717) is 6.04 Å². The zero-order chi connectivity index (χ0) is 13.0. The van der Waals surface area contributed by atoms with Gasteiger partial charge in [-0.25, -0.2) is 0 Å². The lowest BCUT2D eigenvalue weighted by Gasteiger charge is -2.24. The van der Waals surface area contributed by atoms with E-state index in [1.54, 1.807) is 0 Å². The van der Waals surface area contributed by atoms with E-state index in [4.69, 9.17) is 0 Å². The SMILES string of the molecule is CCCc1ccc(C(CN(C)C2CC2)NC)cc1. The number of nitrogens with zero attached hydrogens (tertiary/aromatic N) is 1. The van der Waals surface area contributed by atoms with Gasteiger partial charge in [-0.1, -0.05) is 37.6 Å². The first kappa shape index (κ1) is 13.6. The van der Waals surface area contributed by atoms with Gasteiger partial charge in [0.15, 0.2) is 0 Å². The number of aryl methyl sites for hydroxylation is 1. The predicted molar refractivity (Wildman–Crippen MR) is 77.9 cm³/mol. The highest BCUT2D eigenvalue weighted by atomic mass is 15.2. The molecule has 0 bridgehead atoms. The zero-order valence-corrected chi connectivity index (χ0v) is 11.9. The van der Waals surface area contributed by atoms with Crippen LogP contribution in [0.4, 0.5) is 0 Å². The van der Waals surface area contributed by atoms with Gasteiger partial charge < -0.3 is 10.2 Å². The van der Waals surface area contributed by atoms with Crippen molar-refractivity contribution in [2.75, 3.05) is 20.6 Å². The van der Waals surface area contributed by atoms with Crippen LogP contribution >= 0.6 is 0 Å². The summed E-state index contributed by atoms with van der Waals surface area (Å²) < 4.78 is 0. The molecule has 2 nitrogen and oxygen atoms in total. The van der Waals surface area contributed by atoms with Gasteiger partial charge in [0, 0.05) is 18.6 Å². The van der Waals surface area contributed by atoms with Crippen molar-refractivity contribution in [3.8, 4) is 0 Å². The molecule has 0 amide bonds. The minimum atomic E-state index is 0.450. The van der Waals surface area contributed by atoms with Gasteiger partial charge in [0.1, 0.15) is 0 Å². The predicted octanol–water partition coefficient (Wildman–Crippen LogP) is 2.99. The standard InChI is InChI=1S/C16H26N2/c1-4-5-13-6-8-14(9-7-13)16(17-2)12-18(3)15-10-11-15/h6-9,15-17H,4-5,10-12H2,1-3H3. The van der Waals surface area contributed by atoms with Crippen LogP contribution in [0.1, 0.15) is 43.4 Å². The molecule has 0 saturated heterocycles. The summed E-state index contributed by atoms with van der Waals surface area (Å²) in [6.45, 7) is 3.34. The fourth-order valence-corrected chi connectivity index (χ4v) is 2.52. The van der Waals surface area contributed by atoms with Crippen molar-refractivity contribution in [3.05, 3.63) is 35.4 Å². The van der Waals surface area contributed by atoms with E-state index in [1.807, 2.05) is 0 Å². The van der Waals surface area contributed by atoms with Crippen molar-refractivity contribution >= 4 is 0 Å². The van der Waals surface area contributed by atoms with E-state index in [0.717, 1.165) is 12.6 Å². The Morgan fingerprint density at radius 3 is 2.44 bits per heavy atom. The second-order valence-corrected chi connectivity index (χ2v) is 5.50. The molecule has 2 heteroatoms. The van der Waals surface area contributed by atoms with Gasteiger partial charge in [-0.3, -0.25) is 0 Å². The molecule has 1 aliphatic rings. The number of rotatable bonds is 7. The molecule has 0 heterocycles. The highest BCUT2D eigenvalue weighted by Gasteiger charge is 2.27. The summed E-state index contributed by atoms with van der Waals surface area (Å²) in [4.78, 5) is 2.49. The average Bonchev–Trinajstić information content (AvgIpc) is 3.21. The summed E-state index contributed by atoms with van der Waals surface area (Å²) in [5.74, 6) is 0. The number of likely N-dealkylation sites (N-methyl/N-ethyl adjacent to an activating group) is 2. The van der Waals surface area contributed by atoms with E-state index in [1.165, 1.54) is 36.8 Å². The van der Waals surface area contributed by atoms with Gasteiger partial charge in [-0.05, 0) is 44.5 Å². The normalized spacial score (nSPS) is 17.1. The molecule has 1 fully saturated rings. The van der Waals surface area contributed by atoms with Crippen LogP contribution in [0.2, 0.25) is 0 Å². The summed E-state index contributed by atoms with van der Waals surface area (Å²) in [7, 11) is 4.30. The van der Waals surface area contributed by atoms with Crippen LogP contribution in [-0.2, 0) is 6.42 Å². The molecule has 1 aromatic rings. The Balaban J connectivity index is 1.97. The van der Waals surface area contributed by atoms with Crippen LogP contribution in [0.25, 0.3) is 0 Å². The van der Waals surface area contributed by atoms with Crippen molar-refractivity contribution < 1.29 is 0 Å². The molecule has 1 aliphatic carbocycles. The smallest absolute Gasteiger partial charge is 0.0446 e. The maximum Gasteiger partial charge on any atom is 0.0446 e. The molecular weight excluding hydrogens is 220 g/mol. The van der Waals surface area contributed by atoms with Crippen LogP contribution < -0.4 is 5.32 Å². The van der Waals surface area contributed by atoms with Crippen molar-refractivity contribution in [2.24, 2.45) is 0 Å². The maximum absolute atomic E-state index is 3.44. The van der Waals surface area contributed by atoms with Gasteiger partial charge >= 0.3 is 0 Å². The lowest BCUT2D eigenvalue weighted by molar-refractivity contribution is 0.287. The van der Waals surface area contributed by atoms with Crippen LogP contribution in [0.5, 0.6) is 0 Å². The van der Waals surface area contributed by atoms with Gasteiger partial charge in [0.05, 0.1) is 0 Å². The first-order valence-electron chi connectivity index (χ1n) is 7.21. The molecule has 18 heavy (non-hydrogen) atoms. The molecule has 0 radical (unpaired) electrons. The highest BCUT2D eigenvalue weighted by Crippen LogP contribution is 2.27. The van der Waals surface area contributed by atoms with E-state index < -0.39 is 0 Å². The number of benzene rings is 1. The van der Waals surface area contributed by atoms with Crippen molar-refractivity contribution in [1.29, 1.82) is 0 Å². The van der Waals surface area contributed by atoms with Gasteiger partial charge in [-0.2, -0.15) is 0 Å². The first-order chi connectivity index (χ1) is 8.74.